The maximum absolute atomic E-state index is 13.4. The quantitative estimate of drug-likeness (QED) is 0.121. The Morgan fingerprint density at radius 1 is 1.44 bits per heavy atom. The summed E-state index contributed by atoms with van der Waals surface area (Å²) in [5, 5.41) is 5.16. The van der Waals surface area contributed by atoms with E-state index in [1.165, 1.54) is 30.7 Å². The van der Waals surface area contributed by atoms with Gasteiger partial charge in [0.25, 0.3) is 0 Å². The lowest BCUT2D eigenvalue weighted by molar-refractivity contribution is -0.145. The molecule has 2 heterocycles. The van der Waals surface area contributed by atoms with Gasteiger partial charge in [-0.05, 0) is 39.2 Å². The molecule has 0 bridgehead atoms. The van der Waals surface area contributed by atoms with Crippen molar-refractivity contribution in [3.05, 3.63) is 22.7 Å². The van der Waals surface area contributed by atoms with Crippen LogP contribution < -0.4 is 27.3 Å². The molecular weight excluding hydrogens is 467 g/mol. The number of rotatable bonds is 14. The van der Waals surface area contributed by atoms with Crippen LogP contribution in [0, 0.1) is 0 Å². The first kappa shape index (κ1) is 28.1. The molecule has 0 aliphatic carbocycles. The summed E-state index contributed by atoms with van der Waals surface area (Å²) in [5.41, 5.74) is 9.83. The van der Waals surface area contributed by atoms with Crippen LogP contribution in [0.25, 0.3) is 0 Å². The van der Waals surface area contributed by atoms with Gasteiger partial charge in [0.05, 0.1) is 19.3 Å². The zero-order chi connectivity index (χ0) is 25.4. The van der Waals surface area contributed by atoms with Gasteiger partial charge in [0, 0.05) is 6.20 Å². The highest BCUT2D eigenvalue weighted by molar-refractivity contribution is 7.54. The average molecular weight is 503 g/mol. The lowest BCUT2D eigenvalue weighted by Crippen LogP contribution is -2.47. The normalized spacial score (nSPS) is 23.7. The molecule has 0 spiro atoms. The molecule has 1 aromatic rings. The van der Waals surface area contributed by atoms with Gasteiger partial charge in [-0.25, -0.2) is 15.0 Å². The lowest BCUT2D eigenvalue weighted by Gasteiger charge is -2.30. The highest BCUT2D eigenvalue weighted by Gasteiger charge is 2.41. The molecule has 1 aromatic heterocycles. The maximum Gasteiger partial charge on any atom is 0.351 e. The Hall–Kier alpha value is -2.15. The van der Waals surface area contributed by atoms with Gasteiger partial charge < -0.3 is 30.3 Å². The molecule has 1 aliphatic rings. The molecule has 1 unspecified atom stereocenters. The van der Waals surface area contributed by atoms with E-state index in [4.69, 9.17) is 25.5 Å². The average Bonchev–Trinajstić information content (AvgIpc) is 3.17. The Kier molecular flexibility index (Phi) is 10.3. The Morgan fingerprint density at radius 3 is 2.82 bits per heavy atom. The standard InChI is InChI=1S/C20H35N6O7P/c1-4-5-6-11-31-18(28)15(3)25-34(30,24-14(2)12-27)32-13-20(22)9-7-17(33-20)26-10-8-16(21)23-19(26)29/h8,10,12,14-15,17H,4-7,9,11,13,22H2,1-3H3,(H2,21,23,29)(H2,24,25,30)/t14-,15-,17+,20-,34?/m0/s1. The third kappa shape index (κ3) is 8.26. The molecule has 1 aliphatic heterocycles. The van der Waals surface area contributed by atoms with Crippen LogP contribution in [0.2, 0.25) is 0 Å². The molecule has 0 radical (unpaired) electrons. The highest BCUT2D eigenvalue weighted by Crippen LogP contribution is 2.42. The number of anilines is 1. The summed E-state index contributed by atoms with van der Waals surface area (Å²) in [7, 11) is -3.94. The van der Waals surface area contributed by atoms with Gasteiger partial charge in [-0.3, -0.25) is 13.9 Å². The molecule has 192 valence electrons. The summed E-state index contributed by atoms with van der Waals surface area (Å²) < 4.78 is 31.3. The summed E-state index contributed by atoms with van der Waals surface area (Å²) >= 11 is 0. The molecule has 14 heteroatoms. The van der Waals surface area contributed by atoms with Gasteiger partial charge in [0.15, 0.2) is 0 Å². The Labute approximate surface area is 198 Å². The number of hydrogen-bond acceptors (Lipinski definition) is 10. The number of nitrogen functional groups attached to an aromatic ring is 1. The first-order chi connectivity index (χ1) is 16.0. The molecule has 0 saturated carbocycles. The number of ether oxygens (including phenoxy) is 2. The zero-order valence-electron chi connectivity index (χ0n) is 19.8. The summed E-state index contributed by atoms with van der Waals surface area (Å²) in [4.78, 5) is 39.1. The van der Waals surface area contributed by atoms with E-state index in [1.54, 1.807) is 0 Å². The molecular formula is C20H35N6O7P. The van der Waals surface area contributed by atoms with E-state index in [1.807, 2.05) is 6.92 Å². The second-order valence-electron chi connectivity index (χ2n) is 8.32. The summed E-state index contributed by atoms with van der Waals surface area (Å²) in [6, 6.07) is -0.357. The number of aldehydes is 1. The van der Waals surface area contributed by atoms with Crippen molar-refractivity contribution in [2.45, 2.75) is 76.9 Å². The van der Waals surface area contributed by atoms with Crippen molar-refractivity contribution in [1.82, 2.24) is 19.7 Å². The molecule has 34 heavy (non-hydrogen) atoms. The fourth-order valence-corrected chi connectivity index (χ4v) is 5.11. The minimum absolute atomic E-state index is 0.0852. The van der Waals surface area contributed by atoms with Gasteiger partial charge in [-0.1, -0.05) is 19.8 Å². The first-order valence-electron chi connectivity index (χ1n) is 11.2. The van der Waals surface area contributed by atoms with Crippen molar-refractivity contribution in [2.75, 3.05) is 18.9 Å². The smallest absolute Gasteiger partial charge is 0.351 e. The van der Waals surface area contributed by atoms with E-state index < -0.39 is 43.4 Å². The van der Waals surface area contributed by atoms with Crippen molar-refractivity contribution in [2.24, 2.45) is 5.73 Å². The van der Waals surface area contributed by atoms with Crippen LogP contribution in [0.15, 0.2) is 17.1 Å². The number of carbonyl (C=O) groups excluding carboxylic acids is 2. The Morgan fingerprint density at radius 2 is 2.18 bits per heavy atom. The van der Waals surface area contributed by atoms with Gasteiger partial charge in [0.2, 0.25) is 0 Å². The van der Waals surface area contributed by atoms with Crippen LogP contribution >= 0.6 is 7.67 Å². The molecule has 0 aromatic carbocycles. The first-order valence-corrected chi connectivity index (χ1v) is 12.9. The van der Waals surface area contributed by atoms with Crippen molar-refractivity contribution in [3.63, 3.8) is 0 Å². The van der Waals surface area contributed by atoms with Crippen molar-refractivity contribution in [1.29, 1.82) is 0 Å². The summed E-state index contributed by atoms with van der Waals surface area (Å²) in [5.74, 6) is -0.516. The minimum Gasteiger partial charge on any atom is -0.465 e. The predicted molar refractivity (Wildman–Crippen MR) is 124 cm³/mol. The highest BCUT2D eigenvalue weighted by atomic mass is 31.2. The third-order valence-corrected chi connectivity index (χ3v) is 7.09. The predicted octanol–water partition coefficient (Wildman–Crippen LogP) is 0.803. The zero-order valence-corrected chi connectivity index (χ0v) is 20.7. The number of hydrogen-bond donors (Lipinski definition) is 4. The van der Waals surface area contributed by atoms with E-state index >= 15 is 0 Å². The number of nitrogens with zero attached hydrogens (tertiary/aromatic N) is 2. The van der Waals surface area contributed by atoms with Gasteiger partial charge in [0.1, 0.15) is 30.1 Å². The fourth-order valence-electron chi connectivity index (χ4n) is 3.27. The molecule has 5 atom stereocenters. The number of unbranched alkanes of at least 4 members (excludes halogenated alkanes) is 2. The second kappa shape index (κ2) is 12.5. The van der Waals surface area contributed by atoms with E-state index in [-0.39, 0.29) is 25.5 Å². The minimum atomic E-state index is -3.94. The number of esters is 1. The number of carbonyl (C=O) groups is 2. The third-order valence-electron chi connectivity index (χ3n) is 5.12. The Bertz CT molecular complexity index is 944. The van der Waals surface area contributed by atoms with E-state index in [0.29, 0.717) is 12.7 Å². The fraction of sp³-hybridized carbons (Fsp3) is 0.700. The topological polar surface area (TPSA) is 190 Å². The van der Waals surface area contributed by atoms with Gasteiger partial charge in [-0.15, -0.1) is 0 Å². The van der Waals surface area contributed by atoms with Crippen LogP contribution in [0.3, 0.4) is 0 Å². The van der Waals surface area contributed by atoms with Crippen molar-refractivity contribution < 1.29 is 28.2 Å². The number of nitrogens with two attached hydrogens (primary N) is 2. The van der Waals surface area contributed by atoms with Crippen LogP contribution in [0.1, 0.15) is 59.1 Å². The van der Waals surface area contributed by atoms with Crippen LogP contribution in [0.4, 0.5) is 5.82 Å². The number of aromatic nitrogens is 2. The van der Waals surface area contributed by atoms with E-state index in [2.05, 4.69) is 15.2 Å². The molecule has 13 nitrogen and oxygen atoms in total. The maximum atomic E-state index is 13.4. The molecule has 2 rings (SSSR count). The van der Waals surface area contributed by atoms with Gasteiger partial charge in [-0.2, -0.15) is 4.98 Å². The van der Waals surface area contributed by atoms with Gasteiger partial charge >= 0.3 is 19.3 Å². The van der Waals surface area contributed by atoms with Crippen LogP contribution in [0.5, 0.6) is 0 Å². The lowest BCUT2D eigenvalue weighted by atomic mass is 10.1. The molecule has 0 amide bonds. The molecule has 1 fully saturated rings. The summed E-state index contributed by atoms with van der Waals surface area (Å²) in [6.45, 7) is 4.90. The monoisotopic (exact) mass is 502 g/mol. The second-order valence-corrected chi connectivity index (χ2v) is 10.2. The SMILES string of the molecule is CCCCCOC(=O)[C@H](C)NP(=O)(N[C@@H](C)C=O)OC[C@]1(N)CC[C@H](n2ccc(N)nc2=O)O1. The van der Waals surface area contributed by atoms with Crippen LogP contribution in [-0.2, 0) is 28.2 Å². The van der Waals surface area contributed by atoms with E-state index in [0.717, 1.165) is 19.3 Å². The van der Waals surface area contributed by atoms with Crippen LogP contribution in [-0.4, -0.2) is 52.8 Å². The Balaban J connectivity index is 2.03. The molecule has 1 saturated heterocycles. The van der Waals surface area contributed by atoms with E-state index in [9.17, 15) is 18.9 Å². The molecule has 6 N–H and O–H groups in total. The van der Waals surface area contributed by atoms with Crippen molar-refractivity contribution >= 4 is 25.7 Å². The summed E-state index contributed by atoms with van der Waals surface area (Å²) in [6.07, 6.45) is 4.59. The number of nitrogens with one attached hydrogen (secondary N) is 2. The van der Waals surface area contributed by atoms with Crippen molar-refractivity contribution in [3.8, 4) is 0 Å². The largest absolute Gasteiger partial charge is 0.465 e.